The Labute approximate surface area is 115 Å². The van der Waals surface area contributed by atoms with Gasteiger partial charge in [-0.1, -0.05) is 19.1 Å². The van der Waals surface area contributed by atoms with E-state index in [0.717, 1.165) is 19.4 Å². The third-order valence-electron chi connectivity index (χ3n) is 4.26. The normalized spacial score (nSPS) is 13.8. The molecule has 1 aromatic heterocycles. The molecule has 100 valence electrons. The van der Waals surface area contributed by atoms with E-state index in [1.54, 1.807) is 0 Å². The van der Waals surface area contributed by atoms with Crippen LogP contribution in [-0.4, -0.2) is 11.5 Å². The van der Waals surface area contributed by atoms with Crippen molar-refractivity contribution in [1.82, 2.24) is 4.98 Å². The molecule has 1 aliphatic rings. The number of benzene rings is 1. The minimum absolute atomic E-state index is 1.04. The van der Waals surface area contributed by atoms with Crippen LogP contribution >= 0.6 is 0 Å². The molecule has 0 aliphatic heterocycles. The molecule has 0 atom stereocenters. The average Bonchev–Trinajstić information content (AvgIpc) is 2.87. The van der Waals surface area contributed by atoms with Gasteiger partial charge in [0.25, 0.3) is 0 Å². The van der Waals surface area contributed by atoms with Crippen molar-refractivity contribution in [2.75, 3.05) is 11.9 Å². The van der Waals surface area contributed by atoms with E-state index >= 15 is 0 Å². The van der Waals surface area contributed by atoms with Crippen LogP contribution in [0, 0.1) is 13.8 Å². The summed E-state index contributed by atoms with van der Waals surface area (Å²) in [6.45, 7) is 7.61. The number of aromatic nitrogens is 1. The van der Waals surface area contributed by atoms with Crippen LogP contribution in [0.15, 0.2) is 12.1 Å². The molecule has 2 heteroatoms. The summed E-state index contributed by atoms with van der Waals surface area (Å²) in [7, 11) is 0. The highest BCUT2D eigenvalue weighted by Crippen LogP contribution is 2.35. The third-order valence-corrected chi connectivity index (χ3v) is 4.26. The summed E-state index contributed by atoms with van der Waals surface area (Å²) in [5.74, 6) is 0. The van der Waals surface area contributed by atoms with Gasteiger partial charge >= 0.3 is 0 Å². The zero-order valence-electron chi connectivity index (χ0n) is 12.1. The van der Waals surface area contributed by atoms with Gasteiger partial charge in [0.2, 0.25) is 0 Å². The number of rotatable bonds is 3. The molecule has 0 fully saturated rings. The topological polar surface area (TPSA) is 24.9 Å². The van der Waals surface area contributed by atoms with Crippen LogP contribution in [0.1, 0.15) is 42.1 Å². The van der Waals surface area contributed by atoms with Gasteiger partial charge in [0, 0.05) is 23.3 Å². The predicted molar refractivity (Wildman–Crippen MR) is 82.0 cm³/mol. The number of fused-ring (bicyclic) bond motifs is 2. The molecule has 1 aromatic carbocycles. The van der Waals surface area contributed by atoms with E-state index in [0.29, 0.717) is 0 Å². The second-order valence-electron chi connectivity index (χ2n) is 5.60. The first-order valence-corrected chi connectivity index (χ1v) is 7.38. The molecule has 3 rings (SSSR count). The number of hydrogen-bond donors (Lipinski definition) is 1. The van der Waals surface area contributed by atoms with Crippen LogP contribution in [0.25, 0.3) is 10.9 Å². The Morgan fingerprint density at radius 1 is 1.21 bits per heavy atom. The summed E-state index contributed by atoms with van der Waals surface area (Å²) in [5, 5.41) is 4.95. The molecule has 0 unspecified atom stereocenters. The van der Waals surface area contributed by atoms with Gasteiger partial charge in [0.05, 0.1) is 5.52 Å². The van der Waals surface area contributed by atoms with Gasteiger partial charge in [-0.3, -0.25) is 4.98 Å². The molecule has 19 heavy (non-hydrogen) atoms. The van der Waals surface area contributed by atoms with E-state index < -0.39 is 0 Å². The highest BCUT2D eigenvalue weighted by molar-refractivity contribution is 5.96. The predicted octanol–water partition coefficient (Wildman–Crippen LogP) is 4.16. The van der Waals surface area contributed by atoms with Gasteiger partial charge < -0.3 is 5.32 Å². The first-order chi connectivity index (χ1) is 9.22. The van der Waals surface area contributed by atoms with Crippen LogP contribution < -0.4 is 5.32 Å². The second kappa shape index (κ2) is 4.84. The average molecular weight is 254 g/mol. The van der Waals surface area contributed by atoms with E-state index in [1.807, 2.05) is 0 Å². The Hall–Kier alpha value is -1.57. The first-order valence-electron chi connectivity index (χ1n) is 7.38. The lowest BCUT2D eigenvalue weighted by Gasteiger charge is -2.16. The van der Waals surface area contributed by atoms with Crippen LogP contribution in [0.2, 0.25) is 0 Å². The van der Waals surface area contributed by atoms with Crippen molar-refractivity contribution in [1.29, 1.82) is 0 Å². The number of nitrogens with one attached hydrogen (secondary N) is 1. The molecule has 0 saturated carbocycles. The Bertz CT molecular complexity index is 629. The van der Waals surface area contributed by atoms with Crippen LogP contribution in [0.4, 0.5) is 5.69 Å². The lowest BCUT2D eigenvalue weighted by atomic mass is 10.0. The van der Waals surface area contributed by atoms with Gasteiger partial charge in [-0.2, -0.15) is 0 Å². The van der Waals surface area contributed by atoms with Crippen molar-refractivity contribution < 1.29 is 0 Å². The zero-order chi connectivity index (χ0) is 13.4. The van der Waals surface area contributed by atoms with Gasteiger partial charge in [-0.25, -0.2) is 0 Å². The lowest BCUT2D eigenvalue weighted by Crippen LogP contribution is -2.06. The van der Waals surface area contributed by atoms with E-state index in [4.69, 9.17) is 4.98 Å². The molecule has 0 bridgehead atoms. The molecule has 0 saturated heterocycles. The quantitative estimate of drug-likeness (QED) is 0.889. The lowest BCUT2D eigenvalue weighted by molar-refractivity contribution is 0.900. The molecule has 0 radical (unpaired) electrons. The monoisotopic (exact) mass is 254 g/mol. The van der Waals surface area contributed by atoms with Gasteiger partial charge in [0.1, 0.15) is 0 Å². The van der Waals surface area contributed by atoms with E-state index in [2.05, 4.69) is 38.2 Å². The Morgan fingerprint density at radius 3 is 2.84 bits per heavy atom. The summed E-state index contributed by atoms with van der Waals surface area (Å²) in [6.07, 6.45) is 4.72. The molecule has 2 aromatic rings. The SMILES string of the molecule is CCCNc1c2c(nc3c(C)c(C)ccc13)CCC2. The van der Waals surface area contributed by atoms with Crippen molar-refractivity contribution in [3.05, 3.63) is 34.5 Å². The number of pyridine rings is 1. The number of anilines is 1. The second-order valence-corrected chi connectivity index (χ2v) is 5.60. The van der Waals surface area contributed by atoms with Crippen LogP contribution in [0.3, 0.4) is 0 Å². The van der Waals surface area contributed by atoms with Gasteiger partial charge in [-0.15, -0.1) is 0 Å². The maximum atomic E-state index is 4.94. The van der Waals surface area contributed by atoms with Crippen molar-refractivity contribution in [2.24, 2.45) is 0 Å². The molecule has 0 spiro atoms. The Balaban J connectivity index is 2.27. The molecule has 1 aliphatic carbocycles. The molecular formula is C17H22N2. The molecular weight excluding hydrogens is 232 g/mol. The first kappa shape index (κ1) is 12.5. The third kappa shape index (κ3) is 1.99. The molecule has 1 heterocycles. The minimum atomic E-state index is 1.04. The number of aryl methyl sites for hydroxylation is 3. The van der Waals surface area contributed by atoms with Gasteiger partial charge in [-0.05, 0) is 56.2 Å². The fraction of sp³-hybridized carbons (Fsp3) is 0.471. The fourth-order valence-electron chi connectivity index (χ4n) is 3.02. The Kier molecular flexibility index (Phi) is 3.17. The standard InChI is InChI=1S/C17H22N2/c1-4-10-18-17-13-6-5-7-15(13)19-16-12(3)11(2)8-9-14(16)17/h8-9H,4-7,10H2,1-3H3,(H,18,19). The molecule has 0 amide bonds. The summed E-state index contributed by atoms with van der Waals surface area (Å²) < 4.78 is 0. The Morgan fingerprint density at radius 2 is 2.05 bits per heavy atom. The molecule has 1 N–H and O–H groups in total. The zero-order valence-corrected chi connectivity index (χ0v) is 12.1. The summed E-state index contributed by atoms with van der Waals surface area (Å²) in [5.41, 5.74) is 7.98. The van der Waals surface area contributed by atoms with Gasteiger partial charge in [0.15, 0.2) is 0 Å². The van der Waals surface area contributed by atoms with Crippen molar-refractivity contribution in [3.8, 4) is 0 Å². The summed E-state index contributed by atoms with van der Waals surface area (Å²) in [4.78, 5) is 4.94. The molecule has 2 nitrogen and oxygen atoms in total. The maximum absolute atomic E-state index is 4.94. The fourth-order valence-corrected chi connectivity index (χ4v) is 3.02. The highest BCUT2D eigenvalue weighted by atomic mass is 14.9. The largest absolute Gasteiger partial charge is 0.384 e. The van der Waals surface area contributed by atoms with Crippen molar-refractivity contribution in [3.63, 3.8) is 0 Å². The van der Waals surface area contributed by atoms with Crippen molar-refractivity contribution in [2.45, 2.75) is 46.5 Å². The van der Waals surface area contributed by atoms with Crippen LogP contribution in [-0.2, 0) is 12.8 Å². The van der Waals surface area contributed by atoms with E-state index in [-0.39, 0.29) is 0 Å². The maximum Gasteiger partial charge on any atom is 0.0758 e. The van der Waals surface area contributed by atoms with Crippen LogP contribution in [0.5, 0.6) is 0 Å². The highest BCUT2D eigenvalue weighted by Gasteiger charge is 2.20. The number of hydrogen-bond acceptors (Lipinski definition) is 2. The number of nitrogens with zero attached hydrogens (tertiary/aromatic N) is 1. The summed E-state index contributed by atoms with van der Waals surface area (Å²) in [6, 6.07) is 4.46. The summed E-state index contributed by atoms with van der Waals surface area (Å²) >= 11 is 0. The minimum Gasteiger partial charge on any atom is -0.384 e. The smallest absolute Gasteiger partial charge is 0.0758 e. The van der Waals surface area contributed by atoms with E-state index in [1.165, 1.54) is 51.8 Å². The van der Waals surface area contributed by atoms with Crippen molar-refractivity contribution >= 4 is 16.6 Å². The van der Waals surface area contributed by atoms with E-state index in [9.17, 15) is 0 Å².